The van der Waals surface area contributed by atoms with Crippen LogP contribution >= 0.6 is 0 Å². The van der Waals surface area contributed by atoms with Gasteiger partial charge in [-0.2, -0.15) is 0 Å². The molecule has 0 aromatic carbocycles. The average Bonchev–Trinajstić information content (AvgIpc) is 2.91. The second-order valence-electron chi connectivity index (χ2n) is 7.01. The van der Waals surface area contributed by atoms with Crippen LogP contribution in [0.25, 0.3) is 0 Å². The van der Waals surface area contributed by atoms with Crippen molar-refractivity contribution in [3.8, 4) is 0 Å². The highest BCUT2D eigenvalue weighted by Gasteiger charge is 2.47. The molecule has 0 aromatic heterocycles. The van der Waals surface area contributed by atoms with Crippen molar-refractivity contribution in [2.75, 3.05) is 0 Å². The summed E-state index contributed by atoms with van der Waals surface area (Å²) in [6.45, 7) is 4.45. The van der Waals surface area contributed by atoms with Crippen LogP contribution in [0.3, 0.4) is 0 Å². The Bertz CT molecular complexity index is 363. The molecule has 2 fully saturated rings. The third-order valence-electron chi connectivity index (χ3n) is 5.36. The molecule has 1 saturated carbocycles. The number of rotatable bonds is 9. The van der Waals surface area contributed by atoms with E-state index in [1.165, 1.54) is 25.7 Å². The molecular formula is C18H30O3. The van der Waals surface area contributed by atoms with Crippen LogP contribution in [0.2, 0.25) is 0 Å². The Kier molecular flexibility index (Phi) is 6.25. The van der Waals surface area contributed by atoms with Gasteiger partial charge in [0.2, 0.25) is 0 Å². The van der Waals surface area contributed by atoms with Crippen molar-refractivity contribution in [2.24, 2.45) is 17.8 Å². The van der Waals surface area contributed by atoms with Crippen molar-refractivity contribution in [1.82, 2.24) is 0 Å². The first-order chi connectivity index (χ1) is 10.1. The molecule has 21 heavy (non-hydrogen) atoms. The zero-order chi connectivity index (χ0) is 15.2. The van der Waals surface area contributed by atoms with E-state index in [1.54, 1.807) is 0 Å². The van der Waals surface area contributed by atoms with Crippen molar-refractivity contribution in [3.63, 3.8) is 0 Å². The van der Waals surface area contributed by atoms with Gasteiger partial charge in [0.05, 0.1) is 6.42 Å². The molecule has 0 amide bonds. The Morgan fingerprint density at radius 3 is 2.71 bits per heavy atom. The Labute approximate surface area is 128 Å². The number of hydrogen-bond acceptors (Lipinski definition) is 3. The molecular weight excluding hydrogens is 264 g/mol. The summed E-state index contributed by atoms with van der Waals surface area (Å²) in [5, 5.41) is 0. The number of Topliss-reactive ketones (excluding diaryl/α,β-unsaturated/α-hetero) is 1. The summed E-state index contributed by atoms with van der Waals surface area (Å²) in [4.78, 5) is 23.4. The maximum absolute atomic E-state index is 12.0. The van der Waals surface area contributed by atoms with E-state index in [-0.39, 0.29) is 12.1 Å². The quantitative estimate of drug-likeness (QED) is 0.471. The van der Waals surface area contributed by atoms with E-state index in [0.717, 1.165) is 25.7 Å². The van der Waals surface area contributed by atoms with Gasteiger partial charge in [-0.25, -0.2) is 0 Å². The smallest absolute Gasteiger partial charge is 0.306 e. The average molecular weight is 294 g/mol. The van der Waals surface area contributed by atoms with Gasteiger partial charge in [-0.3, -0.25) is 9.59 Å². The van der Waals surface area contributed by atoms with Gasteiger partial charge in [0, 0.05) is 18.8 Å². The summed E-state index contributed by atoms with van der Waals surface area (Å²) in [6.07, 6.45) is 10.1. The van der Waals surface area contributed by atoms with E-state index in [9.17, 15) is 9.59 Å². The minimum atomic E-state index is -0.0378. The number of ether oxygens (including phenoxy) is 1. The molecule has 1 aliphatic heterocycles. The first-order valence-electron chi connectivity index (χ1n) is 8.83. The van der Waals surface area contributed by atoms with Crippen molar-refractivity contribution in [1.29, 1.82) is 0 Å². The molecule has 1 aliphatic carbocycles. The fraction of sp³-hybridized carbons (Fsp3) is 0.889. The van der Waals surface area contributed by atoms with Crippen LogP contribution in [-0.4, -0.2) is 17.9 Å². The van der Waals surface area contributed by atoms with Gasteiger partial charge in [-0.15, -0.1) is 0 Å². The third kappa shape index (κ3) is 4.55. The van der Waals surface area contributed by atoms with E-state index in [4.69, 9.17) is 4.74 Å². The number of carbonyl (C=O) groups is 2. The predicted octanol–water partition coefficient (Wildman–Crippen LogP) is 4.28. The summed E-state index contributed by atoms with van der Waals surface area (Å²) in [5.74, 6) is 1.84. The normalized spacial score (nSPS) is 31.2. The van der Waals surface area contributed by atoms with Gasteiger partial charge in [0.15, 0.2) is 0 Å². The van der Waals surface area contributed by atoms with Crippen LogP contribution in [0.1, 0.15) is 78.1 Å². The molecule has 120 valence electrons. The highest BCUT2D eigenvalue weighted by atomic mass is 16.6. The standard InChI is InChI=1S/C18H30O3/c1-3-4-5-6-7-8-14(19)9-10-15-13(2)11-17-16(15)12-18(20)21-17/h13,15-17H,3-12H2,1-2H3/t13-,15+,16-,17?/m1/s1. The van der Waals surface area contributed by atoms with Gasteiger partial charge in [-0.1, -0.05) is 39.5 Å². The van der Waals surface area contributed by atoms with E-state index in [0.29, 0.717) is 36.4 Å². The summed E-state index contributed by atoms with van der Waals surface area (Å²) in [5.41, 5.74) is 0. The lowest BCUT2D eigenvalue weighted by Gasteiger charge is -2.19. The Balaban J connectivity index is 1.65. The van der Waals surface area contributed by atoms with Gasteiger partial charge in [0.1, 0.15) is 11.9 Å². The molecule has 3 nitrogen and oxygen atoms in total. The van der Waals surface area contributed by atoms with Crippen molar-refractivity contribution in [3.05, 3.63) is 0 Å². The topological polar surface area (TPSA) is 43.4 Å². The Morgan fingerprint density at radius 2 is 1.95 bits per heavy atom. The summed E-state index contributed by atoms with van der Waals surface area (Å²) >= 11 is 0. The lowest BCUT2D eigenvalue weighted by atomic mass is 9.84. The summed E-state index contributed by atoms with van der Waals surface area (Å²) in [6, 6.07) is 0. The predicted molar refractivity (Wildman–Crippen MR) is 82.9 cm³/mol. The first kappa shape index (κ1) is 16.5. The van der Waals surface area contributed by atoms with Crippen molar-refractivity contribution in [2.45, 2.75) is 84.2 Å². The second-order valence-corrected chi connectivity index (χ2v) is 7.01. The van der Waals surface area contributed by atoms with Crippen LogP contribution in [0.4, 0.5) is 0 Å². The SMILES string of the molecule is CCCCCCCC(=O)CC[C@H]1[C@H](C)CC2OC(=O)C[C@@H]21. The van der Waals surface area contributed by atoms with Crippen LogP contribution in [0.15, 0.2) is 0 Å². The largest absolute Gasteiger partial charge is 0.462 e. The molecule has 4 atom stereocenters. The zero-order valence-corrected chi connectivity index (χ0v) is 13.6. The van der Waals surface area contributed by atoms with Crippen LogP contribution in [-0.2, 0) is 14.3 Å². The van der Waals surface area contributed by atoms with Crippen LogP contribution in [0, 0.1) is 17.8 Å². The van der Waals surface area contributed by atoms with Gasteiger partial charge < -0.3 is 4.74 Å². The van der Waals surface area contributed by atoms with E-state index in [1.807, 2.05) is 0 Å². The zero-order valence-electron chi connectivity index (χ0n) is 13.6. The third-order valence-corrected chi connectivity index (χ3v) is 5.36. The molecule has 0 N–H and O–H groups in total. The number of esters is 1. The van der Waals surface area contributed by atoms with E-state index in [2.05, 4.69) is 13.8 Å². The molecule has 0 aromatic rings. The molecule has 1 unspecified atom stereocenters. The molecule has 2 rings (SSSR count). The number of hydrogen-bond donors (Lipinski definition) is 0. The highest BCUT2D eigenvalue weighted by Crippen LogP contribution is 2.46. The number of ketones is 1. The monoisotopic (exact) mass is 294 g/mol. The van der Waals surface area contributed by atoms with Crippen molar-refractivity contribution < 1.29 is 14.3 Å². The molecule has 0 bridgehead atoms. The Morgan fingerprint density at radius 1 is 1.19 bits per heavy atom. The molecule has 2 aliphatic rings. The molecule has 1 heterocycles. The summed E-state index contributed by atoms with van der Waals surface area (Å²) < 4.78 is 5.37. The minimum absolute atomic E-state index is 0.0378. The Hall–Kier alpha value is -0.860. The van der Waals surface area contributed by atoms with Gasteiger partial charge in [0.25, 0.3) is 0 Å². The van der Waals surface area contributed by atoms with E-state index < -0.39 is 0 Å². The van der Waals surface area contributed by atoms with Crippen LogP contribution < -0.4 is 0 Å². The molecule has 0 radical (unpaired) electrons. The molecule has 0 spiro atoms. The fourth-order valence-electron chi connectivity index (χ4n) is 4.12. The first-order valence-corrected chi connectivity index (χ1v) is 8.83. The van der Waals surface area contributed by atoms with Gasteiger partial charge in [-0.05, 0) is 31.1 Å². The second kappa shape index (κ2) is 7.95. The number of carbonyl (C=O) groups excluding carboxylic acids is 2. The fourth-order valence-corrected chi connectivity index (χ4v) is 4.12. The number of fused-ring (bicyclic) bond motifs is 1. The number of unbranched alkanes of at least 4 members (excludes halogenated alkanes) is 4. The highest BCUT2D eigenvalue weighted by molar-refractivity contribution is 5.78. The maximum atomic E-state index is 12.0. The molecule has 3 heteroatoms. The van der Waals surface area contributed by atoms with Crippen LogP contribution in [0.5, 0.6) is 0 Å². The maximum Gasteiger partial charge on any atom is 0.306 e. The lowest BCUT2D eigenvalue weighted by Crippen LogP contribution is -2.17. The van der Waals surface area contributed by atoms with Gasteiger partial charge >= 0.3 is 5.97 Å². The minimum Gasteiger partial charge on any atom is -0.462 e. The summed E-state index contributed by atoms with van der Waals surface area (Å²) in [7, 11) is 0. The molecule has 1 saturated heterocycles. The van der Waals surface area contributed by atoms with Crippen molar-refractivity contribution >= 4 is 11.8 Å². The van der Waals surface area contributed by atoms with E-state index >= 15 is 0 Å². The lowest BCUT2D eigenvalue weighted by molar-refractivity contribution is -0.141.